The number of amides is 1. The first-order valence-electron chi connectivity index (χ1n) is 8.10. The highest BCUT2D eigenvalue weighted by Gasteiger charge is 2.31. The highest BCUT2D eigenvalue weighted by atomic mass is 35.5. The molecule has 2 rings (SSSR count). The number of halogens is 3. The van der Waals surface area contributed by atoms with Gasteiger partial charge >= 0.3 is 0 Å². The van der Waals surface area contributed by atoms with E-state index in [0.29, 0.717) is 15.6 Å². The van der Waals surface area contributed by atoms with Crippen molar-refractivity contribution in [3.63, 3.8) is 0 Å². The number of carbonyl (C=O) groups excluding carboxylic acids is 1. The molecule has 0 fully saturated rings. The summed E-state index contributed by atoms with van der Waals surface area (Å²) in [6.07, 6.45) is 1.23. The van der Waals surface area contributed by atoms with Crippen molar-refractivity contribution in [2.45, 2.75) is 25.9 Å². The third-order valence-electron chi connectivity index (χ3n) is 3.88. The second kappa shape index (κ2) is 8.91. The summed E-state index contributed by atoms with van der Waals surface area (Å²) in [6, 6.07) is 8.83. The number of nitrogens with zero attached hydrogens (tertiary/aromatic N) is 1. The van der Waals surface area contributed by atoms with E-state index in [2.05, 4.69) is 5.32 Å². The van der Waals surface area contributed by atoms with E-state index >= 15 is 0 Å². The van der Waals surface area contributed by atoms with Gasteiger partial charge in [-0.05, 0) is 48.4 Å². The van der Waals surface area contributed by atoms with Crippen molar-refractivity contribution in [1.29, 1.82) is 0 Å². The summed E-state index contributed by atoms with van der Waals surface area (Å²) in [5, 5.41) is 3.57. The fourth-order valence-electron chi connectivity index (χ4n) is 2.61. The van der Waals surface area contributed by atoms with Gasteiger partial charge in [-0.2, -0.15) is 0 Å². The quantitative estimate of drug-likeness (QED) is 0.718. The molecule has 146 valence electrons. The van der Waals surface area contributed by atoms with Crippen molar-refractivity contribution < 1.29 is 17.6 Å². The van der Waals surface area contributed by atoms with Crippen molar-refractivity contribution in [2.24, 2.45) is 0 Å². The average Bonchev–Trinajstić information content (AvgIpc) is 2.58. The zero-order chi connectivity index (χ0) is 20.2. The average molecular weight is 433 g/mol. The third-order valence-corrected chi connectivity index (χ3v) is 5.65. The van der Waals surface area contributed by atoms with Crippen LogP contribution in [0.2, 0.25) is 10.0 Å². The predicted octanol–water partition coefficient (Wildman–Crippen LogP) is 3.99. The van der Waals surface area contributed by atoms with Gasteiger partial charge in [-0.25, -0.2) is 12.8 Å². The molecule has 0 saturated carbocycles. The predicted molar refractivity (Wildman–Crippen MR) is 106 cm³/mol. The summed E-state index contributed by atoms with van der Waals surface area (Å²) >= 11 is 11.9. The van der Waals surface area contributed by atoms with Crippen molar-refractivity contribution in [2.75, 3.05) is 10.6 Å². The van der Waals surface area contributed by atoms with Crippen molar-refractivity contribution in [3.05, 3.63) is 63.9 Å². The normalized spacial score (nSPS) is 12.5. The number of carbonyl (C=O) groups is 1. The lowest BCUT2D eigenvalue weighted by Crippen LogP contribution is -2.49. The monoisotopic (exact) mass is 432 g/mol. The van der Waals surface area contributed by atoms with Crippen LogP contribution in [0.15, 0.2) is 42.5 Å². The molecule has 9 heteroatoms. The van der Waals surface area contributed by atoms with Crippen LogP contribution >= 0.6 is 23.2 Å². The van der Waals surface area contributed by atoms with Gasteiger partial charge in [0.05, 0.1) is 11.9 Å². The van der Waals surface area contributed by atoms with Crippen LogP contribution in [0.25, 0.3) is 0 Å². The maximum absolute atomic E-state index is 13.2. The van der Waals surface area contributed by atoms with Crippen LogP contribution in [0, 0.1) is 5.82 Å². The minimum Gasteiger partial charge on any atom is -0.350 e. The van der Waals surface area contributed by atoms with Gasteiger partial charge in [-0.15, -0.1) is 0 Å². The molecule has 1 atom stereocenters. The number of hydrogen-bond acceptors (Lipinski definition) is 3. The van der Waals surface area contributed by atoms with Crippen molar-refractivity contribution in [3.8, 4) is 0 Å². The second-order valence-electron chi connectivity index (χ2n) is 5.91. The molecule has 0 aliphatic carbocycles. The van der Waals surface area contributed by atoms with Gasteiger partial charge in [0.15, 0.2) is 0 Å². The first kappa shape index (κ1) is 21.5. The number of rotatable bonds is 7. The van der Waals surface area contributed by atoms with Gasteiger partial charge in [0.2, 0.25) is 15.9 Å². The van der Waals surface area contributed by atoms with Crippen LogP contribution in [0.5, 0.6) is 0 Å². The van der Waals surface area contributed by atoms with Gasteiger partial charge in [0, 0.05) is 16.6 Å². The first-order chi connectivity index (χ1) is 12.6. The van der Waals surface area contributed by atoms with Crippen LogP contribution in [-0.4, -0.2) is 26.6 Å². The Balaban J connectivity index is 2.25. The Morgan fingerprint density at radius 2 is 1.81 bits per heavy atom. The molecule has 1 unspecified atom stereocenters. The second-order valence-corrected chi connectivity index (χ2v) is 8.62. The SMILES string of the molecule is CCC(C(=O)NCc1ccc(Cl)cc1Cl)N(c1ccc(F)cc1)S(C)(=O)=O. The van der Waals surface area contributed by atoms with Gasteiger partial charge in [0.1, 0.15) is 11.9 Å². The zero-order valence-corrected chi connectivity index (χ0v) is 17.1. The van der Waals surface area contributed by atoms with Gasteiger partial charge in [-0.1, -0.05) is 36.2 Å². The maximum Gasteiger partial charge on any atom is 0.244 e. The lowest BCUT2D eigenvalue weighted by Gasteiger charge is -2.30. The Bertz CT molecular complexity index is 921. The van der Waals surface area contributed by atoms with E-state index < -0.39 is 27.8 Å². The molecule has 0 radical (unpaired) electrons. The fraction of sp³-hybridized carbons (Fsp3) is 0.278. The lowest BCUT2D eigenvalue weighted by molar-refractivity contribution is -0.122. The third kappa shape index (κ3) is 5.57. The van der Waals surface area contributed by atoms with Crippen LogP contribution in [0.1, 0.15) is 18.9 Å². The molecule has 2 aromatic carbocycles. The molecule has 0 bridgehead atoms. The fourth-order valence-corrected chi connectivity index (χ4v) is 4.30. The maximum atomic E-state index is 13.2. The summed E-state index contributed by atoms with van der Waals surface area (Å²) in [5.41, 5.74) is 0.863. The van der Waals surface area contributed by atoms with Gasteiger partial charge in [-0.3, -0.25) is 9.10 Å². The summed E-state index contributed by atoms with van der Waals surface area (Å²) in [7, 11) is -3.78. The molecule has 5 nitrogen and oxygen atoms in total. The van der Waals surface area contributed by atoms with Crippen LogP contribution < -0.4 is 9.62 Å². The van der Waals surface area contributed by atoms with E-state index in [0.717, 1.165) is 22.7 Å². The summed E-state index contributed by atoms with van der Waals surface area (Å²) in [4.78, 5) is 12.7. The Morgan fingerprint density at radius 1 is 1.19 bits per heavy atom. The Morgan fingerprint density at radius 3 is 2.33 bits per heavy atom. The number of benzene rings is 2. The largest absolute Gasteiger partial charge is 0.350 e. The van der Waals surface area contributed by atoms with E-state index in [1.165, 1.54) is 12.1 Å². The van der Waals surface area contributed by atoms with E-state index in [4.69, 9.17) is 23.2 Å². The smallest absolute Gasteiger partial charge is 0.244 e. The Labute approximate surface area is 168 Å². The van der Waals surface area contributed by atoms with Crippen LogP contribution in [0.4, 0.5) is 10.1 Å². The van der Waals surface area contributed by atoms with Crippen LogP contribution in [0.3, 0.4) is 0 Å². The molecule has 0 saturated heterocycles. The van der Waals surface area contributed by atoms with Gasteiger partial charge in [0.25, 0.3) is 0 Å². The molecule has 0 aliphatic rings. The molecule has 2 aromatic rings. The number of hydrogen-bond donors (Lipinski definition) is 1. The minimum atomic E-state index is -3.78. The molecule has 0 heterocycles. The molecule has 0 aromatic heterocycles. The summed E-state index contributed by atoms with van der Waals surface area (Å²) in [6.45, 7) is 1.81. The Hall–Kier alpha value is -1.83. The zero-order valence-electron chi connectivity index (χ0n) is 14.7. The first-order valence-corrected chi connectivity index (χ1v) is 10.7. The van der Waals surface area contributed by atoms with E-state index in [1.54, 1.807) is 25.1 Å². The van der Waals surface area contributed by atoms with E-state index in [1.807, 2.05) is 0 Å². The summed E-state index contributed by atoms with van der Waals surface area (Å²) in [5.74, 6) is -0.986. The number of nitrogens with one attached hydrogen (secondary N) is 1. The molecular weight excluding hydrogens is 414 g/mol. The molecule has 1 amide bonds. The van der Waals surface area contributed by atoms with Crippen molar-refractivity contribution >= 4 is 44.8 Å². The minimum absolute atomic E-state index is 0.117. The van der Waals surface area contributed by atoms with E-state index in [-0.39, 0.29) is 18.7 Å². The molecule has 1 N–H and O–H groups in total. The topological polar surface area (TPSA) is 66.5 Å². The molecule has 0 spiro atoms. The van der Waals surface area contributed by atoms with Crippen LogP contribution in [-0.2, 0) is 21.4 Å². The Kier molecular flexibility index (Phi) is 7.08. The molecular formula is C18H19Cl2FN2O3S. The van der Waals surface area contributed by atoms with Crippen molar-refractivity contribution in [1.82, 2.24) is 5.32 Å². The molecule has 0 aliphatic heterocycles. The van der Waals surface area contributed by atoms with E-state index in [9.17, 15) is 17.6 Å². The molecule has 27 heavy (non-hydrogen) atoms. The number of anilines is 1. The number of sulfonamides is 1. The standard InChI is InChI=1S/C18H19Cl2FN2O3S/c1-3-17(18(24)22-11-12-4-5-13(19)10-16(12)20)23(27(2,25)26)15-8-6-14(21)7-9-15/h4-10,17H,3,11H2,1-2H3,(H,22,24). The highest BCUT2D eigenvalue weighted by molar-refractivity contribution is 7.92. The van der Waals surface area contributed by atoms with Gasteiger partial charge < -0.3 is 5.32 Å². The lowest BCUT2D eigenvalue weighted by atomic mass is 10.1. The summed E-state index contributed by atoms with van der Waals surface area (Å²) < 4.78 is 38.8. The highest BCUT2D eigenvalue weighted by Crippen LogP contribution is 2.24.